The summed E-state index contributed by atoms with van der Waals surface area (Å²) in [7, 11) is 0. The number of aryl methyl sites for hydroxylation is 1. The van der Waals surface area contributed by atoms with Gasteiger partial charge in [0.1, 0.15) is 0 Å². The Morgan fingerprint density at radius 2 is 2.42 bits per heavy atom. The van der Waals surface area contributed by atoms with Crippen LogP contribution in [0, 0.1) is 6.92 Å². The molecule has 0 saturated heterocycles. The van der Waals surface area contributed by atoms with E-state index in [0.717, 1.165) is 22.2 Å². The van der Waals surface area contributed by atoms with E-state index in [1.807, 2.05) is 18.4 Å². The van der Waals surface area contributed by atoms with E-state index in [1.54, 1.807) is 11.3 Å². The molecule has 0 aromatic carbocycles. The molecule has 1 rings (SSSR count). The quantitative estimate of drug-likeness (QED) is 0.588. The van der Waals surface area contributed by atoms with Crippen molar-refractivity contribution in [1.29, 1.82) is 0 Å². The molecule has 0 radical (unpaired) electrons. The van der Waals surface area contributed by atoms with Crippen LogP contribution in [0.4, 0.5) is 0 Å². The van der Waals surface area contributed by atoms with Crippen molar-refractivity contribution in [2.45, 2.75) is 19.8 Å². The van der Waals surface area contributed by atoms with Crippen LogP contribution in [0.25, 0.3) is 0 Å². The van der Waals surface area contributed by atoms with Crippen LogP contribution in [0.15, 0.2) is 11.4 Å². The SMILES string of the molecule is Cc1ccsc1C(=O)CCCBr. The molecule has 0 spiro atoms. The lowest BCUT2D eigenvalue weighted by Crippen LogP contribution is -1.97. The van der Waals surface area contributed by atoms with Crippen LogP contribution in [-0.2, 0) is 0 Å². The van der Waals surface area contributed by atoms with Crippen molar-refractivity contribution in [1.82, 2.24) is 0 Å². The van der Waals surface area contributed by atoms with E-state index in [0.29, 0.717) is 6.42 Å². The summed E-state index contributed by atoms with van der Waals surface area (Å²) in [4.78, 5) is 12.4. The van der Waals surface area contributed by atoms with Crippen LogP contribution in [-0.4, -0.2) is 11.1 Å². The summed E-state index contributed by atoms with van der Waals surface area (Å²) in [6.45, 7) is 1.98. The first-order valence-corrected chi connectivity index (χ1v) is 5.89. The van der Waals surface area contributed by atoms with Crippen molar-refractivity contribution < 1.29 is 4.79 Å². The maximum absolute atomic E-state index is 11.5. The van der Waals surface area contributed by atoms with Gasteiger partial charge < -0.3 is 0 Å². The van der Waals surface area contributed by atoms with E-state index in [4.69, 9.17) is 0 Å². The Morgan fingerprint density at radius 3 is 2.92 bits per heavy atom. The summed E-state index contributed by atoms with van der Waals surface area (Å²) in [5, 5.41) is 2.87. The first-order chi connectivity index (χ1) is 5.75. The molecule has 0 atom stereocenters. The topological polar surface area (TPSA) is 17.1 Å². The molecule has 1 heterocycles. The third kappa shape index (κ3) is 2.42. The molecule has 3 heteroatoms. The zero-order chi connectivity index (χ0) is 8.97. The van der Waals surface area contributed by atoms with E-state index in [1.165, 1.54) is 0 Å². The fraction of sp³-hybridized carbons (Fsp3) is 0.444. The first kappa shape index (κ1) is 9.93. The summed E-state index contributed by atoms with van der Waals surface area (Å²) in [5.41, 5.74) is 1.11. The Hall–Kier alpha value is -0.150. The van der Waals surface area contributed by atoms with Gasteiger partial charge in [-0.3, -0.25) is 4.79 Å². The minimum atomic E-state index is 0.280. The number of carbonyl (C=O) groups excluding carboxylic acids is 1. The number of halogens is 1. The second-order valence-corrected chi connectivity index (χ2v) is 4.36. The smallest absolute Gasteiger partial charge is 0.173 e. The number of ketones is 1. The zero-order valence-corrected chi connectivity index (χ0v) is 9.37. The number of carbonyl (C=O) groups is 1. The van der Waals surface area contributed by atoms with Crippen molar-refractivity contribution in [2.75, 3.05) is 5.33 Å². The molecule has 0 bridgehead atoms. The molecule has 12 heavy (non-hydrogen) atoms. The van der Waals surface area contributed by atoms with Crippen LogP contribution in [0.5, 0.6) is 0 Å². The molecular formula is C9H11BrOS. The van der Waals surface area contributed by atoms with Crippen molar-refractivity contribution in [3.63, 3.8) is 0 Å². The maximum atomic E-state index is 11.5. The zero-order valence-electron chi connectivity index (χ0n) is 6.97. The van der Waals surface area contributed by atoms with Gasteiger partial charge in [-0.05, 0) is 30.4 Å². The van der Waals surface area contributed by atoms with Crippen molar-refractivity contribution in [3.8, 4) is 0 Å². The van der Waals surface area contributed by atoms with Gasteiger partial charge >= 0.3 is 0 Å². The van der Waals surface area contributed by atoms with Crippen LogP contribution in [0.2, 0.25) is 0 Å². The Bertz CT molecular complexity index is 267. The molecular weight excluding hydrogens is 236 g/mol. The summed E-state index contributed by atoms with van der Waals surface area (Å²) < 4.78 is 0. The van der Waals surface area contributed by atoms with Crippen molar-refractivity contribution in [2.24, 2.45) is 0 Å². The van der Waals surface area contributed by atoms with E-state index >= 15 is 0 Å². The van der Waals surface area contributed by atoms with Crippen molar-refractivity contribution >= 4 is 33.0 Å². The highest BCUT2D eigenvalue weighted by molar-refractivity contribution is 9.09. The number of alkyl halides is 1. The molecule has 0 aliphatic carbocycles. The number of rotatable bonds is 4. The highest BCUT2D eigenvalue weighted by Gasteiger charge is 2.08. The monoisotopic (exact) mass is 246 g/mol. The average Bonchev–Trinajstić information content (AvgIpc) is 2.47. The second-order valence-electron chi connectivity index (χ2n) is 2.65. The Kier molecular flexibility index (Phi) is 3.95. The maximum Gasteiger partial charge on any atom is 0.173 e. The van der Waals surface area contributed by atoms with Gasteiger partial charge in [0, 0.05) is 11.8 Å². The van der Waals surface area contributed by atoms with E-state index in [-0.39, 0.29) is 5.78 Å². The van der Waals surface area contributed by atoms with Gasteiger partial charge in [-0.2, -0.15) is 0 Å². The van der Waals surface area contributed by atoms with E-state index < -0.39 is 0 Å². The lowest BCUT2D eigenvalue weighted by Gasteiger charge is -1.96. The molecule has 0 aliphatic rings. The molecule has 0 saturated carbocycles. The molecule has 1 aromatic heterocycles. The summed E-state index contributed by atoms with van der Waals surface area (Å²) in [6, 6.07) is 1.99. The molecule has 66 valence electrons. The predicted octanol–water partition coefficient (Wildman–Crippen LogP) is 3.41. The van der Waals surface area contributed by atoms with Gasteiger partial charge in [-0.25, -0.2) is 0 Å². The summed E-state index contributed by atoms with van der Waals surface area (Å²) in [6.07, 6.45) is 1.59. The Morgan fingerprint density at radius 1 is 1.67 bits per heavy atom. The molecule has 0 amide bonds. The van der Waals surface area contributed by atoms with Gasteiger partial charge in [-0.15, -0.1) is 11.3 Å². The number of Topliss-reactive ketones (excluding diaryl/α,β-unsaturated/α-hetero) is 1. The minimum absolute atomic E-state index is 0.280. The predicted molar refractivity (Wildman–Crippen MR) is 56.4 cm³/mol. The largest absolute Gasteiger partial charge is 0.293 e. The second kappa shape index (κ2) is 4.77. The van der Waals surface area contributed by atoms with Crippen LogP contribution in [0.1, 0.15) is 28.1 Å². The average molecular weight is 247 g/mol. The summed E-state index contributed by atoms with van der Waals surface area (Å²) >= 11 is 4.85. The van der Waals surface area contributed by atoms with E-state index in [2.05, 4.69) is 15.9 Å². The van der Waals surface area contributed by atoms with Gasteiger partial charge in [0.25, 0.3) is 0 Å². The number of hydrogen-bond acceptors (Lipinski definition) is 2. The van der Waals surface area contributed by atoms with Crippen LogP contribution < -0.4 is 0 Å². The Labute approximate surface area is 84.9 Å². The number of hydrogen-bond donors (Lipinski definition) is 0. The molecule has 0 aliphatic heterocycles. The van der Waals surface area contributed by atoms with E-state index in [9.17, 15) is 4.79 Å². The normalized spacial score (nSPS) is 10.2. The standard InChI is InChI=1S/C9H11BrOS/c1-7-4-6-12-9(7)8(11)3-2-5-10/h4,6H,2-3,5H2,1H3. The lowest BCUT2D eigenvalue weighted by atomic mass is 10.1. The van der Waals surface area contributed by atoms with Gasteiger partial charge in [0.05, 0.1) is 4.88 Å². The Balaban J connectivity index is 2.59. The lowest BCUT2D eigenvalue weighted by molar-refractivity contribution is 0.0985. The highest BCUT2D eigenvalue weighted by Crippen LogP contribution is 2.18. The molecule has 1 aromatic rings. The molecule has 0 unspecified atom stereocenters. The van der Waals surface area contributed by atoms with Gasteiger partial charge in [0.15, 0.2) is 5.78 Å². The summed E-state index contributed by atoms with van der Waals surface area (Å²) in [5.74, 6) is 0.280. The molecule has 0 fully saturated rings. The third-order valence-electron chi connectivity index (χ3n) is 1.65. The highest BCUT2D eigenvalue weighted by atomic mass is 79.9. The first-order valence-electron chi connectivity index (χ1n) is 3.89. The third-order valence-corrected chi connectivity index (χ3v) is 3.27. The van der Waals surface area contributed by atoms with Crippen molar-refractivity contribution in [3.05, 3.63) is 21.9 Å². The molecule has 1 nitrogen and oxygen atoms in total. The fourth-order valence-corrected chi connectivity index (χ4v) is 2.18. The minimum Gasteiger partial charge on any atom is -0.293 e. The fourth-order valence-electron chi connectivity index (χ4n) is 0.999. The van der Waals surface area contributed by atoms with Gasteiger partial charge in [-0.1, -0.05) is 15.9 Å². The number of thiophene rings is 1. The molecule has 0 N–H and O–H groups in total. The van der Waals surface area contributed by atoms with Gasteiger partial charge in [0.2, 0.25) is 0 Å². The van der Waals surface area contributed by atoms with Crippen LogP contribution >= 0.6 is 27.3 Å². The van der Waals surface area contributed by atoms with Crippen LogP contribution in [0.3, 0.4) is 0 Å².